The Balaban J connectivity index is 1.37. The molecule has 0 unspecified atom stereocenters. The number of hydrogen-bond acceptors (Lipinski definition) is 5. The Hall–Kier alpha value is -0.860. The standard InChI is InChI=1S/C20H33ClN4O2S/c1-2-22-20(23-8-3-13-27-17-6-14-26-15-7-17)25-11-9-24(10-12-25)16-18-4-5-19(21)28-18/h4-5,17H,2-3,6-16H2,1H3,(H,22,23). The van der Waals surface area contributed by atoms with Gasteiger partial charge in [0.1, 0.15) is 0 Å². The first kappa shape index (κ1) is 21.8. The summed E-state index contributed by atoms with van der Waals surface area (Å²) in [7, 11) is 0. The Morgan fingerprint density at radius 3 is 2.75 bits per heavy atom. The summed E-state index contributed by atoms with van der Waals surface area (Å²) in [5, 5.41) is 3.45. The van der Waals surface area contributed by atoms with E-state index in [1.54, 1.807) is 11.3 Å². The van der Waals surface area contributed by atoms with Crippen LogP contribution in [-0.4, -0.2) is 81.0 Å². The van der Waals surface area contributed by atoms with Crippen LogP contribution in [0.3, 0.4) is 0 Å². The van der Waals surface area contributed by atoms with Crippen molar-refractivity contribution in [3.05, 3.63) is 21.3 Å². The topological polar surface area (TPSA) is 49.3 Å². The maximum atomic E-state index is 6.05. The largest absolute Gasteiger partial charge is 0.381 e. The zero-order chi connectivity index (χ0) is 19.6. The fourth-order valence-electron chi connectivity index (χ4n) is 3.54. The van der Waals surface area contributed by atoms with Gasteiger partial charge in [0.05, 0.1) is 10.4 Å². The molecule has 0 atom stereocenters. The van der Waals surface area contributed by atoms with Crippen molar-refractivity contribution in [2.45, 2.75) is 38.8 Å². The third-order valence-corrected chi connectivity index (χ3v) is 6.32. The van der Waals surface area contributed by atoms with Gasteiger partial charge in [0.2, 0.25) is 0 Å². The van der Waals surface area contributed by atoms with E-state index in [9.17, 15) is 0 Å². The predicted molar refractivity (Wildman–Crippen MR) is 117 cm³/mol. The molecular weight excluding hydrogens is 396 g/mol. The number of nitrogens with one attached hydrogen (secondary N) is 1. The van der Waals surface area contributed by atoms with Crippen molar-refractivity contribution in [2.75, 3.05) is 59.1 Å². The lowest BCUT2D eigenvalue weighted by Gasteiger charge is -2.36. The highest BCUT2D eigenvalue weighted by atomic mass is 35.5. The van der Waals surface area contributed by atoms with Crippen molar-refractivity contribution < 1.29 is 9.47 Å². The average molecular weight is 429 g/mol. The van der Waals surface area contributed by atoms with Crippen LogP contribution >= 0.6 is 22.9 Å². The van der Waals surface area contributed by atoms with E-state index >= 15 is 0 Å². The van der Waals surface area contributed by atoms with Gasteiger partial charge >= 0.3 is 0 Å². The molecule has 0 bridgehead atoms. The highest BCUT2D eigenvalue weighted by molar-refractivity contribution is 7.16. The van der Waals surface area contributed by atoms with E-state index in [1.165, 1.54) is 4.88 Å². The van der Waals surface area contributed by atoms with Crippen LogP contribution in [0.2, 0.25) is 4.34 Å². The summed E-state index contributed by atoms with van der Waals surface area (Å²) in [4.78, 5) is 11.0. The molecule has 0 aliphatic carbocycles. The first-order valence-corrected chi connectivity index (χ1v) is 11.6. The van der Waals surface area contributed by atoms with Gasteiger partial charge in [-0.15, -0.1) is 11.3 Å². The Morgan fingerprint density at radius 2 is 2.07 bits per heavy atom. The van der Waals surface area contributed by atoms with Crippen molar-refractivity contribution in [1.82, 2.24) is 15.1 Å². The number of nitrogens with zero attached hydrogens (tertiary/aromatic N) is 3. The maximum Gasteiger partial charge on any atom is 0.194 e. The molecule has 1 aromatic rings. The molecule has 2 aliphatic heterocycles. The van der Waals surface area contributed by atoms with E-state index < -0.39 is 0 Å². The van der Waals surface area contributed by atoms with E-state index in [-0.39, 0.29) is 0 Å². The summed E-state index contributed by atoms with van der Waals surface area (Å²) in [5.41, 5.74) is 0. The van der Waals surface area contributed by atoms with Crippen LogP contribution in [0, 0.1) is 0 Å². The zero-order valence-corrected chi connectivity index (χ0v) is 18.4. The van der Waals surface area contributed by atoms with E-state index in [2.05, 4.69) is 28.1 Å². The molecule has 3 heterocycles. The number of aliphatic imine (C=N–C) groups is 1. The summed E-state index contributed by atoms with van der Waals surface area (Å²) in [5.74, 6) is 1.03. The van der Waals surface area contributed by atoms with Gasteiger partial charge in [0.15, 0.2) is 5.96 Å². The van der Waals surface area contributed by atoms with Gasteiger partial charge in [-0.2, -0.15) is 0 Å². The normalized spacial score (nSPS) is 19.9. The summed E-state index contributed by atoms with van der Waals surface area (Å²) < 4.78 is 12.2. The van der Waals surface area contributed by atoms with E-state index in [4.69, 9.17) is 26.1 Å². The van der Waals surface area contributed by atoms with Crippen molar-refractivity contribution in [2.24, 2.45) is 4.99 Å². The van der Waals surface area contributed by atoms with Gasteiger partial charge in [0, 0.05) is 70.5 Å². The Labute approximate surface area is 177 Å². The summed E-state index contributed by atoms with van der Waals surface area (Å²) in [6.45, 7) is 11.4. The zero-order valence-electron chi connectivity index (χ0n) is 16.9. The van der Waals surface area contributed by atoms with Gasteiger partial charge in [-0.25, -0.2) is 0 Å². The fourth-order valence-corrected chi connectivity index (χ4v) is 4.67. The molecule has 158 valence electrons. The molecule has 0 amide bonds. The van der Waals surface area contributed by atoms with Crippen LogP contribution in [0.15, 0.2) is 17.1 Å². The van der Waals surface area contributed by atoms with Crippen molar-refractivity contribution in [3.63, 3.8) is 0 Å². The molecule has 2 aliphatic rings. The van der Waals surface area contributed by atoms with E-state index in [0.717, 1.165) is 95.2 Å². The van der Waals surface area contributed by atoms with Crippen LogP contribution in [0.4, 0.5) is 0 Å². The summed E-state index contributed by atoms with van der Waals surface area (Å²) >= 11 is 7.72. The molecule has 2 saturated heterocycles. The fraction of sp³-hybridized carbons (Fsp3) is 0.750. The molecule has 1 N–H and O–H groups in total. The number of hydrogen-bond donors (Lipinski definition) is 1. The second kappa shape index (κ2) is 12.0. The quantitative estimate of drug-likeness (QED) is 0.391. The molecule has 3 rings (SSSR count). The molecule has 28 heavy (non-hydrogen) atoms. The smallest absolute Gasteiger partial charge is 0.194 e. The number of piperazine rings is 1. The summed E-state index contributed by atoms with van der Waals surface area (Å²) in [6, 6.07) is 4.12. The lowest BCUT2D eigenvalue weighted by atomic mass is 10.1. The van der Waals surface area contributed by atoms with E-state index in [1.807, 2.05) is 6.07 Å². The molecular formula is C20H33ClN4O2S. The third-order valence-electron chi connectivity index (χ3n) is 5.10. The maximum absolute atomic E-state index is 6.05. The summed E-state index contributed by atoms with van der Waals surface area (Å²) in [6.07, 6.45) is 3.38. The molecule has 0 spiro atoms. The molecule has 2 fully saturated rings. The number of guanidine groups is 1. The van der Waals surface area contributed by atoms with Crippen molar-refractivity contribution >= 4 is 28.9 Å². The van der Waals surface area contributed by atoms with Gasteiger partial charge < -0.3 is 19.7 Å². The van der Waals surface area contributed by atoms with Gasteiger partial charge in [-0.05, 0) is 38.3 Å². The van der Waals surface area contributed by atoms with Crippen LogP contribution in [0.5, 0.6) is 0 Å². The van der Waals surface area contributed by atoms with Crippen LogP contribution in [0.25, 0.3) is 0 Å². The number of thiophene rings is 1. The minimum Gasteiger partial charge on any atom is -0.381 e. The van der Waals surface area contributed by atoms with Crippen molar-refractivity contribution in [1.29, 1.82) is 0 Å². The second-order valence-electron chi connectivity index (χ2n) is 7.24. The van der Waals surface area contributed by atoms with Gasteiger partial charge in [-0.3, -0.25) is 9.89 Å². The number of ether oxygens (including phenoxy) is 2. The Kier molecular flexibility index (Phi) is 9.34. The average Bonchev–Trinajstić information content (AvgIpc) is 3.13. The third kappa shape index (κ3) is 7.19. The molecule has 0 saturated carbocycles. The molecule has 0 radical (unpaired) electrons. The Bertz CT molecular complexity index is 599. The monoisotopic (exact) mass is 428 g/mol. The predicted octanol–water partition coefficient (Wildman–Crippen LogP) is 3.07. The minimum absolute atomic E-state index is 0.372. The van der Waals surface area contributed by atoms with Gasteiger partial charge in [0.25, 0.3) is 0 Å². The van der Waals surface area contributed by atoms with E-state index in [0.29, 0.717) is 6.10 Å². The highest BCUT2D eigenvalue weighted by Gasteiger charge is 2.20. The molecule has 8 heteroatoms. The lowest BCUT2D eigenvalue weighted by molar-refractivity contribution is -0.0318. The number of rotatable bonds is 8. The highest BCUT2D eigenvalue weighted by Crippen LogP contribution is 2.23. The minimum atomic E-state index is 0.372. The van der Waals surface area contributed by atoms with Crippen LogP contribution in [-0.2, 0) is 16.0 Å². The molecule has 1 aromatic heterocycles. The lowest BCUT2D eigenvalue weighted by Crippen LogP contribution is -2.52. The SMILES string of the molecule is CCNC(=NCCCOC1CCOCC1)N1CCN(Cc2ccc(Cl)s2)CC1. The van der Waals surface area contributed by atoms with Crippen molar-refractivity contribution in [3.8, 4) is 0 Å². The number of halogens is 1. The Morgan fingerprint density at radius 1 is 1.29 bits per heavy atom. The second-order valence-corrected chi connectivity index (χ2v) is 9.04. The van der Waals surface area contributed by atoms with Crippen LogP contribution < -0.4 is 5.32 Å². The van der Waals surface area contributed by atoms with Gasteiger partial charge in [-0.1, -0.05) is 11.6 Å². The molecule has 6 nitrogen and oxygen atoms in total. The van der Waals surface area contributed by atoms with Crippen LogP contribution in [0.1, 0.15) is 31.1 Å². The molecule has 0 aromatic carbocycles. The first-order valence-electron chi connectivity index (χ1n) is 10.4. The first-order chi connectivity index (χ1) is 13.7.